The summed E-state index contributed by atoms with van der Waals surface area (Å²) in [5.74, 6) is 0.191. The molecule has 1 heterocycles. The van der Waals surface area contributed by atoms with Crippen molar-refractivity contribution < 1.29 is 9.90 Å². The van der Waals surface area contributed by atoms with Crippen molar-refractivity contribution in [2.45, 2.75) is 33.1 Å². The highest BCUT2D eigenvalue weighted by Gasteiger charge is 2.08. The average Bonchev–Trinajstić information content (AvgIpc) is 2.05. The van der Waals surface area contributed by atoms with Crippen LogP contribution in [0.3, 0.4) is 0 Å². The minimum Gasteiger partial charge on any atom is -0.481 e. The second-order valence-corrected chi connectivity index (χ2v) is 3.12. The first-order valence-electron chi connectivity index (χ1n) is 4.57. The van der Waals surface area contributed by atoms with Gasteiger partial charge in [-0.15, -0.1) is 0 Å². The van der Waals surface area contributed by atoms with Gasteiger partial charge in [-0.1, -0.05) is 13.3 Å². The molecule has 72 valence electrons. The Hall–Kier alpha value is -0.570. The van der Waals surface area contributed by atoms with E-state index in [1.54, 1.807) is 0 Å². The van der Waals surface area contributed by atoms with Crippen LogP contribution in [0.15, 0.2) is 0 Å². The number of hydrogen-bond donors (Lipinski definition) is 2. The summed E-state index contributed by atoms with van der Waals surface area (Å²) in [5, 5.41) is 10.8. The first-order chi connectivity index (χ1) is 5.66. The van der Waals surface area contributed by atoms with E-state index in [0.29, 0.717) is 0 Å². The number of nitrogens with one attached hydrogen (secondary N) is 1. The Morgan fingerprint density at radius 2 is 1.92 bits per heavy atom. The van der Waals surface area contributed by atoms with E-state index >= 15 is 0 Å². The molecule has 3 heteroatoms. The van der Waals surface area contributed by atoms with Gasteiger partial charge in [-0.3, -0.25) is 4.79 Å². The van der Waals surface area contributed by atoms with Crippen molar-refractivity contribution in [1.82, 2.24) is 5.32 Å². The van der Waals surface area contributed by atoms with E-state index in [0.717, 1.165) is 12.8 Å². The molecule has 0 bridgehead atoms. The molecule has 1 aliphatic rings. The lowest BCUT2D eigenvalue weighted by atomic mass is 9.96. The van der Waals surface area contributed by atoms with Gasteiger partial charge in [-0.2, -0.15) is 0 Å². The van der Waals surface area contributed by atoms with Gasteiger partial charge in [-0.05, 0) is 31.8 Å². The van der Waals surface area contributed by atoms with Crippen LogP contribution >= 0.6 is 0 Å². The zero-order valence-corrected chi connectivity index (χ0v) is 7.97. The molecule has 0 aromatic heterocycles. The first kappa shape index (κ1) is 11.4. The van der Waals surface area contributed by atoms with Crippen molar-refractivity contribution >= 4 is 5.97 Å². The Balaban J connectivity index is 0.000000261. The molecule has 1 fully saturated rings. The maximum atomic E-state index is 9.00. The molecule has 3 nitrogen and oxygen atoms in total. The van der Waals surface area contributed by atoms with E-state index in [-0.39, 0.29) is 0 Å². The highest BCUT2D eigenvalue weighted by Crippen LogP contribution is 2.13. The summed E-state index contributed by atoms with van der Waals surface area (Å²) in [7, 11) is 0. The summed E-state index contributed by atoms with van der Waals surface area (Å²) in [6.07, 6.45) is 4.18. The number of carboxylic acid groups (broad SMARTS) is 1. The molecular weight excluding hydrogens is 154 g/mol. The second-order valence-electron chi connectivity index (χ2n) is 3.12. The largest absolute Gasteiger partial charge is 0.481 e. The maximum absolute atomic E-state index is 9.00. The van der Waals surface area contributed by atoms with Crippen molar-refractivity contribution in [2.24, 2.45) is 5.92 Å². The van der Waals surface area contributed by atoms with Gasteiger partial charge in [0, 0.05) is 6.92 Å². The smallest absolute Gasteiger partial charge is 0.300 e. The molecule has 0 atom stereocenters. The van der Waals surface area contributed by atoms with Crippen molar-refractivity contribution in [1.29, 1.82) is 0 Å². The van der Waals surface area contributed by atoms with Crippen LogP contribution in [0, 0.1) is 5.92 Å². The molecule has 0 radical (unpaired) electrons. The first-order valence-corrected chi connectivity index (χ1v) is 4.57. The van der Waals surface area contributed by atoms with E-state index in [4.69, 9.17) is 9.90 Å². The lowest BCUT2D eigenvalue weighted by Crippen LogP contribution is -2.27. The quantitative estimate of drug-likeness (QED) is 0.631. The number of hydrogen-bond acceptors (Lipinski definition) is 2. The molecule has 0 unspecified atom stereocenters. The molecule has 1 saturated heterocycles. The Labute approximate surface area is 74.2 Å². The third kappa shape index (κ3) is 7.54. The van der Waals surface area contributed by atoms with Crippen LogP contribution in [-0.2, 0) is 4.79 Å². The fraction of sp³-hybridized carbons (Fsp3) is 0.889. The van der Waals surface area contributed by atoms with Crippen LogP contribution in [0.2, 0.25) is 0 Å². The van der Waals surface area contributed by atoms with E-state index in [1.165, 1.54) is 32.4 Å². The predicted molar refractivity (Wildman–Crippen MR) is 49.2 cm³/mol. The zero-order valence-electron chi connectivity index (χ0n) is 7.97. The Bertz CT molecular complexity index is 116. The van der Waals surface area contributed by atoms with Crippen molar-refractivity contribution in [3.05, 3.63) is 0 Å². The minimum atomic E-state index is -0.833. The standard InChI is InChI=1S/C7H15N.C2H4O2/c1-2-7-3-5-8-6-4-7;1-2(3)4/h7-8H,2-6H2,1H3;1H3,(H,3,4). The zero-order chi connectivity index (χ0) is 9.40. The van der Waals surface area contributed by atoms with Crippen LogP contribution in [-0.4, -0.2) is 24.2 Å². The molecule has 1 aliphatic heterocycles. The van der Waals surface area contributed by atoms with Gasteiger partial charge in [0.2, 0.25) is 0 Å². The third-order valence-electron chi connectivity index (χ3n) is 2.04. The molecule has 12 heavy (non-hydrogen) atoms. The molecule has 0 aromatic carbocycles. The van der Waals surface area contributed by atoms with E-state index in [9.17, 15) is 0 Å². The topological polar surface area (TPSA) is 49.3 Å². The summed E-state index contributed by atoms with van der Waals surface area (Å²) < 4.78 is 0. The Kier molecular flexibility index (Phi) is 6.76. The van der Waals surface area contributed by atoms with Crippen LogP contribution in [0.5, 0.6) is 0 Å². The maximum Gasteiger partial charge on any atom is 0.300 e. The van der Waals surface area contributed by atoms with E-state index in [1.807, 2.05) is 0 Å². The Morgan fingerprint density at radius 3 is 2.17 bits per heavy atom. The second kappa shape index (κ2) is 7.10. The minimum absolute atomic E-state index is 0.833. The molecule has 0 aromatic rings. The average molecular weight is 173 g/mol. The number of aliphatic carboxylic acids is 1. The number of piperidine rings is 1. The van der Waals surface area contributed by atoms with Gasteiger partial charge >= 0.3 is 0 Å². The number of carbonyl (C=O) groups is 1. The predicted octanol–water partition coefficient (Wildman–Crippen LogP) is 1.49. The van der Waals surface area contributed by atoms with Gasteiger partial charge < -0.3 is 10.4 Å². The van der Waals surface area contributed by atoms with Gasteiger partial charge in [0.1, 0.15) is 0 Å². The number of rotatable bonds is 1. The normalized spacial score (nSPS) is 17.8. The van der Waals surface area contributed by atoms with E-state index < -0.39 is 5.97 Å². The molecule has 2 N–H and O–H groups in total. The summed E-state index contributed by atoms with van der Waals surface area (Å²) in [5.41, 5.74) is 0. The monoisotopic (exact) mass is 173 g/mol. The molecule has 0 amide bonds. The van der Waals surface area contributed by atoms with Gasteiger partial charge in [0.15, 0.2) is 0 Å². The highest BCUT2D eigenvalue weighted by molar-refractivity contribution is 5.62. The molecule has 1 rings (SSSR count). The van der Waals surface area contributed by atoms with Crippen molar-refractivity contribution in [3.63, 3.8) is 0 Å². The van der Waals surface area contributed by atoms with Crippen LogP contribution in [0.25, 0.3) is 0 Å². The van der Waals surface area contributed by atoms with Crippen LogP contribution in [0.1, 0.15) is 33.1 Å². The summed E-state index contributed by atoms with van der Waals surface area (Å²) in [4.78, 5) is 9.00. The van der Waals surface area contributed by atoms with E-state index in [2.05, 4.69) is 12.2 Å². The fourth-order valence-electron chi connectivity index (χ4n) is 1.29. The Morgan fingerprint density at radius 1 is 1.50 bits per heavy atom. The molecule has 0 aliphatic carbocycles. The fourth-order valence-corrected chi connectivity index (χ4v) is 1.29. The molecular formula is C9H19NO2. The summed E-state index contributed by atoms with van der Waals surface area (Å²) in [6.45, 7) is 5.87. The van der Waals surface area contributed by atoms with Crippen LogP contribution in [0.4, 0.5) is 0 Å². The van der Waals surface area contributed by atoms with Gasteiger partial charge in [-0.25, -0.2) is 0 Å². The van der Waals surface area contributed by atoms with Gasteiger partial charge in [0.05, 0.1) is 0 Å². The van der Waals surface area contributed by atoms with Crippen LogP contribution < -0.4 is 5.32 Å². The third-order valence-corrected chi connectivity index (χ3v) is 2.04. The van der Waals surface area contributed by atoms with Gasteiger partial charge in [0.25, 0.3) is 5.97 Å². The molecule has 0 saturated carbocycles. The lowest BCUT2D eigenvalue weighted by Gasteiger charge is -2.20. The van der Waals surface area contributed by atoms with Crippen molar-refractivity contribution in [2.75, 3.05) is 13.1 Å². The lowest BCUT2D eigenvalue weighted by molar-refractivity contribution is -0.134. The van der Waals surface area contributed by atoms with Crippen molar-refractivity contribution in [3.8, 4) is 0 Å². The SMILES string of the molecule is CC(=O)O.CCC1CCNCC1. The summed E-state index contributed by atoms with van der Waals surface area (Å²) >= 11 is 0. The highest BCUT2D eigenvalue weighted by atomic mass is 16.4. The molecule has 0 spiro atoms. The number of carboxylic acids is 1. The summed E-state index contributed by atoms with van der Waals surface area (Å²) in [6, 6.07) is 0.